The molecule has 0 aliphatic rings. The van der Waals surface area contributed by atoms with E-state index in [1.807, 2.05) is 37.3 Å². The number of rotatable bonds is 2. The van der Waals surface area contributed by atoms with E-state index in [-0.39, 0.29) is 0 Å². The van der Waals surface area contributed by atoms with Crippen LogP contribution in [0.3, 0.4) is 0 Å². The van der Waals surface area contributed by atoms with E-state index in [9.17, 15) is 0 Å². The standard InChI is InChI=1S/C11H12N2O/c1-2-14-11-9(12)7-8-5-3-4-6-10(8)13-11/h3-7H,2,12H2,1H3. The number of nitrogen functional groups attached to an aromatic ring is 1. The monoisotopic (exact) mass is 188 g/mol. The Morgan fingerprint density at radius 2 is 2.14 bits per heavy atom. The van der Waals surface area contributed by atoms with E-state index in [4.69, 9.17) is 10.5 Å². The molecule has 1 aromatic carbocycles. The zero-order valence-electron chi connectivity index (χ0n) is 8.03. The Kier molecular flexibility index (Phi) is 2.23. The number of ether oxygens (including phenoxy) is 1. The van der Waals surface area contributed by atoms with Crippen molar-refractivity contribution in [2.24, 2.45) is 0 Å². The summed E-state index contributed by atoms with van der Waals surface area (Å²) in [6.07, 6.45) is 0. The molecule has 0 radical (unpaired) electrons. The van der Waals surface area contributed by atoms with Crippen LogP contribution < -0.4 is 10.5 Å². The van der Waals surface area contributed by atoms with Crippen molar-refractivity contribution in [3.05, 3.63) is 30.3 Å². The Balaban J connectivity index is 2.59. The molecule has 2 rings (SSSR count). The van der Waals surface area contributed by atoms with Gasteiger partial charge in [0.2, 0.25) is 5.88 Å². The van der Waals surface area contributed by atoms with Crippen molar-refractivity contribution < 1.29 is 4.74 Å². The van der Waals surface area contributed by atoms with Gasteiger partial charge in [0.05, 0.1) is 17.8 Å². The molecule has 0 unspecified atom stereocenters. The van der Waals surface area contributed by atoms with Crippen molar-refractivity contribution in [3.8, 4) is 5.88 Å². The minimum Gasteiger partial charge on any atom is -0.476 e. The van der Waals surface area contributed by atoms with Gasteiger partial charge in [0.15, 0.2) is 0 Å². The van der Waals surface area contributed by atoms with E-state index < -0.39 is 0 Å². The lowest BCUT2D eigenvalue weighted by molar-refractivity contribution is 0.330. The van der Waals surface area contributed by atoms with Gasteiger partial charge in [0.25, 0.3) is 0 Å². The molecule has 0 fully saturated rings. The molecule has 0 saturated heterocycles. The summed E-state index contributed by atoms with van der Waals surface area (Å²) in [7, 11) is 0. The minimum absolute atomic E-state index is 0.520. The average Bonchev–Trinajstić information content (AvgIpc) is 2.19. The highest BCUT2D eigenvalue weighted by atomic mass is 16.5. The lowest BCUT2D eigenvalue weighted by Crippen LogP contribution is -1.99. The van der Waals surface area contributed by atoms with Crippen LogP contribution in [0.1, 0.15) is 6.92 Å². The number of para-hydroxylation sites is 1. The summed E-state index contributed by atoms with van der Waals surface area (Å²) in [5, 5.41) is 1.04. The molecule has 2 aromatic rings. The Morgan fingerprint density at radius 1 is 1.36 bits per heavy atom. The van der Waals surface area contributed by atoms with Gasteiger partial charge in [0.1, 0.15) is 0 Å². The summed E-state index contributed by atoms with van der Waals surface area (Å²) in [5.74, 6) is 0.520. The van der Waals surface area contributed by atoms with Crippen LogP contribution in [0.4, 0.5) is 5.69 Å². The van der Waals surface area contributed by atoms with Gasteiger partial charge in [-0.2, -0.15) is 0 Å². The lowest BCUT2D eigenvalue weighted by Gasteiger charge is -2.06. The second-order valence-electron chi connectivity index (χ2n) is 3.01. The Bertz CT molecular complexity index is 454. The molecule has 0 saturated carbocycles. The third-order valence-electron chi connectivity index (χ3n) is 2.00. The summed E-state index contributed by atoms with van der Waals surface area (Å²) in [6.45, 7) is 2.49. The summed E-state index contributed by atoms with van der Waals surface area (Å²) < 4.78 is 5.31. The molecular formula is C11H12N2O. The smallest absolute Gasteiger partial charge is 0.237 e. The van der Waals surface area contributed by atoms with Gasteiger partial charge in [0, 0.05) is 5.39 Å². The van der Waals surface area contributed by atoms with Crippen molar-refractivity contribution in [2.75, 3.05) is 12.3 Å². The van der Waals surface area contributed by atoms with Crippen molar-refractivity contribution in [2.45, 2.75) is 6.92 Å². The fourth-order valence-corrected chi connectivity index (χ4v) is 1.37. The van der Waals surface area contributed by atoms with E-state index in [1.165, 1.54) is 0 Å². The highest BCUT2D eigenvalue weighted by Gasteiger charge is 2.03. The number of pyridine rings is 1. The third-order valence-corrected chi connectivity index (χ3v) is 2.00. The molecular weight excluding hydrogens is 176 g/mol. The SMILES string of the molecule is CCOc1nc2ccccc2cc1N. The molecule has 0 aliphatic carbocycles. The average molecular weight is 188 g/mol. The number of aromatic nitrogens is 1. The van der Waals surface area contributed by atoms with Crippen molar-refractivity contribution in [3.63, 3.8) is 0 Å². The first-order chi connectivity index (χ1) is 6.81. The molecule has 1 heterocycles. The Hall–Kier alpha value is -1.77. The van der Waals surface area contributed by atoms with Crippen LogP contribution in [0, 0.1) is 0 Å². The molecule has 3 heteroatoms. The van der Waals surface area contributed by atoms with Crippen LogP contribution in [0.5, 0.6) is 5.88 Å². The zero-order valence-corrected chi connectivity index (χ0v) is 8.03. The van der Waals surface area contributed by atoms with E-state index in [0.29, 0.717) is 18.2 Å². The topological polar surface area (TPSA) is 48.1 Å². The first-order valence-corrected chi connectivity index (χ1v) is 4.59. The highest BCUT2D eigenvalue weighted by molar-refractivity contribution is 5.83. The van der Waals surface area contributed by atoms with Crippen molar-refractivity contribution in [1.29, 1.82) is 0 Å². The maximum atomic E-state index is 5.79. The fraction of sp³-hybridized carbons (Fsp3) is 0.182. The summed E-state index contributed by atoms with van der Waals surface area (Å²) in [4.78, 5) is 4.32. The third kappa shape index (κ3) is 1.48. The molecule has 1 aromatic heterocycles. The molecule has 0 amide bonds. The van der Waals surface area contributed by atoms with Gasteiger partial charge < -0.3 is 10.5 Å². The van der Waals surface area contributed by atoms with Gasteiger partial charge >= 0.3 is 0 Å². The van der Waals surface area contributed by atoms with Crippen LogP contribution in [0.2, 0.25) is 0 Å². The van der Waals surface area contributed by atoms with Gasteiger partial charge in [-0.3, -0.25) is 0 Å². The van der Waals surface area contributed by atoms with Crippen LogP contribution in [-0.4, -0.2) is 11.6 Å². The van der Waals surface area contributed by atoms with Crippen LogP contribution in [0.25, 0.3) is 10.9 Å². The molecule has 2 N–H and O–H groups in total. The predicted octanol–water partition coefficient (Wildman–Crippen LogP) is 2.22. The van der Waals surface area contributed by atoms with Crippen molar-refractivity contribution in [1.82, 2.24) is 4.98 Å². The van der Waals surface area contributed by atoms with Crippen LogP contribution >= 0.6 is 0 Å². The number of nitrogens with two attached hydrogens (primary N) is 1. The fourth-order valence-electron chi connectivity index (χ4n) is 1.37. The first kappa shape index (κ1) is 8.81. The van der Waals surface area contributed by atoms with E-state index in [2.05, 4.69) is 4.98 Å². The van der Waals surface area contributed by atoms with Crippen molar-refractivity contribution >= 4 is 16.6 Å². The van der Waals surface area contributed by atoms with Gasteiger partial charge in [-0.1, -0.05) is 18.2 Å². The van der Waals surface area contributed by atoms with Gasteiger partial charge in [-0.15, -0.1) is 0 Å². The molecule has 0 bridgehead atoms. The second-order valence-corrected chi connectivity index (χ2v) is 3.01. The lowest BCUT2D eigenvalue weighted by atomic mass is 10.2. The number of fused-ring (bicyclic) bond motifs is 1. The number of benzene rings is 1. The minimum atomic E-state index is 0.520. The number of hydrogen-bond donors (Lipinski definition) is 1. The number of nitrogens with zero attached hydrogens (tertiary/aromatic N) is 1. The number of anilines is 1. The summed E-state index contributed by atoms with van der Waals surface area (Å²) in [5.41, 5.74) is 7.28. The molecule has 0 aliphatic heterocycles. The van der Waals surface area contributed by atoms with E-state index in [0.717, 1.165) is 10.9 Å². The van der Waals surface area contributed by atoms with E-state index >= 15 is 0 Å². The second kappa shape index (κ2) is 3.54. The highest BCUT2D eigenvalue weighted by Crippen LogP contribution is 2.23. The van der Waals surface area contributed by atoms with Crippen LogP contribution in [-0.2, 0) is 0 Å². The Morgan fingerprint density at radius 3 is 2.93 bits per heavy atom. The molecule has 72 valence electrons. The summed E-state index contributed by atoms with van der Waals surface area (Å²) in [6, 6.07) is 9.71. The van der Waals surface area contributed by atoms with Gasteiger partial charge in [-0.05, 0) is 19.1 Å². The molecule has 14 heavy (non-hydrogen) atoms. The largest absolute Gasteiger partial charge is 0.476 e. The maximum Gasteiger partial charge on any atom is 0.237 e. The normalized spacial score (nSPS) is 10.4. The molecule has 3 nitrogen and oxygen atoms in total. The van der Waals surface area contributed by atoms with E-state index in [1.54, 1.807) is 0 Å². The predicted molar refractivity (Wildman–Crippen MR) is 57.3 cm³/mol. The van der Waals surface area contributed by atoms with Crippen LogP contribution in [0.15, 0.2) is 30.3 Å². The zero-order chi connectivity index (χ0) is 9.97. The maximum absolute atomic E-state index is 5.79. The molecule has 0 atom stereocenters. The quantitative estimate of drug-likeness (QED) is 0.786. The first-order valence-electron chi connectivity index (χ1n) is 4.59. The summed E-state index contributed by atoms with van der Waals surface area (Å²) >= 11 is 0. The number of hydrogen-bond acceptors (Lipinski definition) is 3. The Labute approximate surface area is 82.5 Å². The molecule has 0 spiro atoms. The van der Waals surface area contributed by atoms with Gasteiger partial charge in [-0.25, -0.2) is 4.98 Å².